The quantitative estimate of drug-likeness (QED) is 0.114. The number of hydrogen-bond donors (Lipinski definition) is 5. The van der Waals surface area contributed by atoms with Crippen LogP contribution in [0, 0.1) is 5.92 Å². The van der Waals surface area contributed by atoms with Crippen molar-refractivity contribution in [3.8, 4) is 11.5 Å². The summed E-state index contributed by atoms with van der Waals surface area (Å²) in [6, 6.07) is 12.6. The van der Waals surface area contributed by atoms with E-state index >= 15 is 0 Å². The monoisotopic (exact) mass is 898 g/mol. The minimum absolute atomic E-state index is 0.0460. The van der Waals surface area contributed by atoms with Crippen molar-refractivity contribution in [1.29, 1.82) is 0 Å². The van der Waals surface area contributed by atoms with E-state index in [2.05, 4.69) is 21.3 Å². The van der Waals surface area contributed by atoms with Gasteiger partial charge in [-0.15, -0.1) is 0 Å². The molecule has 3 aliphatic rings. The van der Waals surface area contributed by atoms with E-state index in [1.807, 2.05) is 0 Å². The summed E-state index contributed by atoms with van der Waals surface area (Å²) in [5.74, 6) is -4.17. The van der Waals surface area contributed by atoms with Gasteiger partial charge in [-0.2, -0.15) is 0 Å². The fourth-order valence-corrected chi connectivity index (χ4v) is 7.64. The molecule has 1 saturated heterocycles. The zero-order valence-electron chi connectivity index (χ0n) is 38.0. The number of carbonyl (C=O) groups excluding carboxylic acids is 7. The maximum Gasteiger partial charge on any atom is 0.340 e. The summed E-state index contributed by atoms with van der Waals surface area (Å²) in [5.41, 5.74) is 5.48. The van der Waals surface area contributed by atoms with Crippen LogP contribution in [0.2, 0.25) is 0 Å². The molecule has 18 nitrogen and oxygen atoms in total. The van der Waals surface area contributed by atoms with E-state index < -0.39 is 82.9 Å². The molecule has 348 valence electrons. The summed E-state index contributed by atoms with van der Waals surface area (Å²) in [6.07, 6.45) is -0.751. The van der Waals surface area contributed by atoms with Gasteiger partial charge in [-0.3, -0.25) is 24.0 Å². The first-order chi connectivity index (χ1) is 30.5. The predicted molar refractivity (Wildman–Crippen MR) is 237 cm³/mol. The van der Waals surface area contributed by atoms with Gasteiger partial charge in [-0.05, 0) is 84.2 Å². The minimum Gasteiger partial charge on any atom is -0.460 e. The molecule has 0 bridgehead atoms. The molecule has 3 aromatic rings. The van der Waals surface area contributed by atoms with Crippen LogP contribution in [-0.2, 0) is 48.5 Å². The van der Waals surface area contributed by atoms with E-state index in [0.29, 0.717) is 54.2 Å². The largest absolute Gasteiger partial charge is 0.460 e. The SMILES string of the molecule is CC(C)C(NC(=O)C(N)CCC(=O)OC(C)(C)C)C(=O)NC(CC(=O)OC(C)(C)C)C(=O)Nc1ccc2c(c1)Oc1cc(NC(=O)N3CCOCC3)ccc1C21OC(=O)c2ccccc21. The van der Waals surface area contributed by atoms with E-state index in [0.717, 1.165) is 0 Å². The molecule has 18 heteroatoms. The number of hydrogen-bond acceptors (Lipinski definition) is 13. The van der Waals surface area contributed by atoms with Gasteiger partial charge >= 0.3 is 23.9 Å². The number of carbonyl (C=O) groups is 7. The molecule has 5 amide bonds. The van der Waals surface area contributed by atoms with Gasteiger partial charge in [-0.25, -0.2) is 9.59 Å². The Kier molecular flexibility index (Phi) is 14.2. The summed E-state index contributed by atoms with van der Waals surface area (Å²) in [4.78, 5) is 94.9. The molecule has 3 aliphatic heterocycles. The summed E-state index contributed by atoms with van der Waals surface area (Å²) >= 11 is 0. The second-order valence-electron chi connectivity index (χ2n) is 18.5. The number of amides is 5. The van der Waals surface area contributed by atoms with Crippen LogP contribution >= 0.6 is 0 Å². The molecule has 0 aliphatic carbocycles. The minimum atomic E-state index is -1.50. The number of rotatable bonds is 13. The number of anilines is 2. The van der Waals surface area contributed by atoms with Gasteiger partial charge < -0.3 is 55.6 Å². The zero-order chi connectivity index (χ0) is 47.4. The Morgan fingerprint density at radius 1 is 0.754 bits per heavy atom. The Bertz CT molecular complexity index is 2350. The Hall–Kier alpha value is -6.53. The molecule has 1 spiro atoms. The number of morpholine rings is 1. The van der Waals surface area contributed by atoms with Crippen molar-refractivity contribution in [2.24, 2.45) is 11.7 Å². The van der Waals surface area contributed by atoms with Crippen LogP contribution in [0.5, 0.6) is 11.5 Å². The molecule has 3 heterocycles. The van der Waals surface area contributed by atoms with Crippen molar-refractivity contribution in [1.82, 2.24) is 15.5 Å². The maximum atomic E-state index is 14.2. The van der Waals surface area contributed by atoms with Crippen molar-refractivity contribution in [2.45, 2.75) is 110 Å². The third-order valence-corrected chi connectivity index (χ3v) is 10.6. The van der Waals surface area contributed by atoms with E-state index in [4.69, 9.17) is 29.4 Å². The number of nitrogens with zero attached hydrogens (tertiary/aromatic N) is 1. The van der Waals surface area contributed by atoms with Gasteiger partial charge in [0, 0.05) is 59.7 Å². The van der Waals surface area contributed by atoms with Gasteiger partial charge in [0.05, 0.1) is 31.2 Å². The molecule has 4 unspecified atom stereocenters. The van der Waals surface area contributed by atoms with E-state index in [-0.39, 0.29) is 36.1 Å². The third-order valence-electron chi connectivity index (χ3n) is 10.6. The highest BCUT2D eigenvalue weighted by atomic mass is 16.6. The van der Waals surface area contributed by atoms with Crippen LogP contribution in [-0.4, -0.2) is 102 Å². The second kappa shape index (κ2) is 19.3. The van der Waals surface area contributed by atoms with Crippen molar-refractivity contribution in [2.75, 3.05) is 36.9 Å². The van der Waals surface area contributed by atoms with Crippen molar-refractivity contribution >= 4 is 53.0 Å². The first-order valence-corrected chi connectivity index (χ1v) is 21.6. The van der Waals surface area contributed by atoms with E-state index in [9.17, 15) is 33.6 Å². The number of esters is 3. The van der Waals surface area contributed by atoms with Crippen molar-refractivity contribution < 1.29 is 57.2 Å². The molecule has 0 radical (unpaired) electrons. The van der Waals surface area contributed by atoms with Gasteiger partial charge in [0.2, 0.25) is 17.7 Å². The Labute approximate surface area is 377 Å². The molecule has 0 saturated carbocycles. The normalized spacial score (nSPS) is 17.8. The number of urea groups is 1. The first kappa shape index (κ1) is 47.9. The van der Waals surface area contributed by atoms with Crippen LogP contribution < -0.4 is 31.7 Å². The molecule has 1 fully saturated rings. The molecule has 0 aromatic heterocycles. The average molecular weight is 899 g/mol. The molecule has 65 heavy (non-hydrogen) atoms. The third kappa shape index (κ3) is 11.4. The highest BCUT2D eigenvalue weighted by Crippen LogP contribution is 2.56. The van der Waals surface area contributed by atoms with Crippen LogP contribution in [0.3, 0.4) is 0 Å². The van der Waals surface area contributed by atoms with Gasteiger partial charge in [0.1, 0.15) is 34.8 Å². The smallest absolute Gasteiger partial charge is 0.340 e. The highest BCUT2D eigenvalue weighted by molar-refractivity contribution is 6.01. The predicted octanol–water partition coefficient (Wildman–Crippen LogP) is 4.86. The number of ether oxygens (including phenoxy) is 5. The number of nitrogens with two attached hydrogens (primary N) is 1. The lowest BCUT2D eigenvalue weighted by atomic mass is 9.77. The lowest BCUT2D eigenvalue weighted by Gasteiger charge is -2.37. The van der Waals surface area contributed by atoms with Gasteiger partial charge in [0.25, 0.3) is 0 Å². The number of fused-ring (bicyclic) bond motifs is 6. The summed E-state index contributed by atoms with van der Waals surface area (Å²) in [5, 5.41) is 10.9. The summed E-state index contributed by atoms with van der Waals surface area (Å²) < 4.78 is 28.9. The van der Waals surface area contributed by atoms with Crippen molar-refractivity contribution in [3.05, 3.63) is 82.9 Å². The fourth-order valence-electron chi connectivity index (χ4n) is 7.64. The van der Waals surface area contributed by atoms with Crippen LogP contribution in [0.15, 0.2) is 60.7 Å². The molecule has 4 atom stereocenters. The highest BCUT2D eigenvalue weighted by Gasteiger charge is 2.53. The standard InChI is InChI=1S/C47H58N6O12/c1-26(2)39(52-40(56)33(48)17-18-37(54)63-45(3,4)5)42(58)51-34(25-38(55)64-46(6,7)8)41(57)49-27-13-15-31-35(23-27)62-36-24-28(50-44(60)53-19-21-61-22-20-53)14-16-32(36)47(31)30-12-10-9-11-29(30)43(59)65-47/h9-16,23-24,26,33-34,39H,17-22,25,48H2,1-8H3,(H,49,57)(H,50,60)(H,51,58)(H,52,56). The molecule has 6 rings (SSSR count). The fraction of sp³-hybridized carbons (Fsp3) is 0.468. The molecule has 3 aromatic carbocycles. The Balaban J connectivity index is 1.26. The van der Waals surface area contributed by atoms with Crippen molar-refractivity contribution in [3.63, 3.8) is 0 Å². The Morgan fingerprint density at radius 2 is 1.34 bits per heavy atom. The second-order valence-corrected chi connectivity index (χ2v) is 18.5. The molecular weight excluding hydrogens is 841 g/mol. The van der Waals surface area contributed by atoms with Gasteiger partial charge in [0.15, 0.2) is 5.60 Å². The van der Waals surface area contributed by atoms with Gasteiger partial charge in [-0.1, -0.05) is 32.0 Å². The number of benzene rings is 3. The maximum absolute atomic E-state index is 14.2. The average Bonchev–Trinajstić information content (AvgIpc) is 3.52. The summed E-state index contributed by atoms with van der Waals surface area (Å²) in [7, 11) is 0. The lowest BCUT2D eigenvalue weighted by Crippen LogP contribution is -2.57. The van der Waals surface area contributed by atoms with E-state index in [1.165, 1.54) is 6.07 Å². The summed E-state index contributed by atoms with van der Waals surface area (Å²) in [6.45, 7) is 15.2. The first-order valence-electron chi connectivity index (χ1n) is 21.6. The topological polar surface area (TPSA) is 243 Å². The van der Waals surface area contributed by atoms with Crippen LogP contribution in [0.4, 0.5) is 16.2 Å². The molecular formula is C47H58N6O12. The van der Waals surface area contributed by atoms with E-state index in [1.54, 1.807) is 115 Å². The Morgan fingerprint density at radius 3 is 1.94 bits per heavy atom. The molecule has 6 N–H and O–H groups in total. The van der Waals surface area contributed by atoms with Crippen LogP contribution in [0.25, 0.3) is 0 Å². The number of nitrogens with one attached hydrogen (secondary N) is 4. The lowest BCUT2D eigenvalue weighted by molar-refractivity contribution is -0.157. The van der Waals surface area contributed by atoms with Crippen LogP contribution in [0.1, 0.15) is 102 Å². The zero-order valence-corrected chi connectivity index (χ0v) is 38.0.